The van der Waals surface area contributed by atoms with Crippen LogP contribution in [0.5, 0.6) is 0 Å². The normalized spacial score (nSPS) is 8.77. The van der Waals surface area contributed by atoms with Crippen LogP contribution in [0.2, 0.25) is 0 Å². The predicted molar refractivity (Wildman–Crippen MR) is 64.4 cm³/mol. The topological polar surface area (TPSA) is 6.48 Å². The van der Waals surface area contributed by atoms with E-state index in [1.165, 1.54) is 19.5 Å². The largest absolute Gasteiger partial charge is 0.309 e. The Balaban J connectivity index is -0.000000218. The van der Waals surface area contributed by atoms with Crippen LogP contribution in [0.25, 0.3) is 0 Å². The van der Waals surface area contributed by atoms with E-state index in [4.69, 9.17) is 0 Å². The summed E-state index contributed by atoms with van der Waals surface area (Å²) in [6, 6.07) is 0. The molecule has 2 nitrogen and oxygen atoms in total. The van der Waals surface area contributed by atoms with Crippen LogP contribution in [0.1, 0.15) is 34.1 Å². The lowest BCUT2D eigenvalue weighted by Gasteiger charge is -2.12. The third-order valence-electron chi connectivity index (χ3n) is 1.21. The van der Waals surface area contributed by atoms with E-state index in [1.807, 2.05) is 27.7 Å². The van der Waals surface area contributed by atoms with Gasteiger partial charge in [-0.3, -0.25) is 0 Å². The summed E-state index contributed by atoms with van der Waals surface area (Å²) in [4.78, 5) is 4.42. The summed E-state index contributed by atoms with van der Waals surface area (Å²) in [6.45, 7) is 10.4. The minimum Gasteiger partial charge on any atom is -0.309 e. The molecule has 0 saturated heterocycles. The lowest BCUT2D eigenvalue weighted by atomic mass is 10.4. The van der Waals surface area contributed by atoms with Gasteiger partial charge in [0.2, 0.25) is 0 Å². The molecule has 0 amide bonds. The standard InChI is InChI=1S/C7H18N2.2C2H6/c1-8(2)6-5-7-9(3)4;2*1-2/h5-7H2,1-4H3;2*1-2H3. The van der Waals surface area contributed by atoms with E-state index in [0.717, 1.165) is 0 Å². The highest BCUT2D eigenvalue weighted by molar-refractivity contribution is 4.47. The maximum absolute atomic E-state index is 2.21. The van der Waals surface area contributed by atoms with Gasteiger partial charge in [-0.15, -0.1) is 0 Å². The first kappa shape index (κ1) is 18.7. The molecule has 0 fully saturated rings. The second-order valence-electron chi connectivity index (χ2n) is 2.96. The zero-order valence-electron chi connectivity index (χ0n) is 11.0. The van der Waals surface area contributed by atoms with Crippen molar-refractivity contribution < 1.29 is 0 Å². The molecule has 0 rings (SSSR count). The molecule has 0 heterocycles. The molecular formula is C11H30N2. The fourth-order valence-corrected chi connectivity index (χ4v) is 0.703. The summed E-state index contributed by atoms with van der Waals surface area (Å²) in [5, 5.41) is 0. The molecule has 0 radical (unpaired) electrons. The van der Waals surface area contributed by atoms with E-state index in [1.54, 1.807) is 0 Å². The average molecular weight is 190 g/mol. The zero-order chi connectivity index (χ0) is 11.3. The van der Waals surface area contributed by atoms with Gasteiger partial charge in [0.15, 0.2) is 0 Å². The third kappa shape index (κ3) is 33.5. The number of nitrogens with zero attached hydrogens (tertiary/aromatic N) is 2. The fraction of sp³-hybridized carbons (Fsp3) is 1.00. The highest BCUT2D eigenvalue weighted by atomic mass is 15.1. The number of hydrogen-bond donors (Lipinski definition) is 0. The average Bonchev–Trinajstić information content (AvgIpc) is 2.10. The van der Waals surface area contributed by atoms with Crippen LogP contribution >= 0.6 is 0 Å². The van der Waals surface area contributed by atoms with Gasteiger partial charge < -0.3 is 9.80 Å². The Hall–Kier alpha value is -0.0800. The molecule has 0 unspecified atom stereocenters. The number of hydrogen-bond acceptors (Lipinski definition) is 2. The van der Waals surface area contributed by atoms with E-state index < -0.39 is 0 Å². The van der Waals surface area contributed by atoms with Crippen LogP contribution in [-0.4, -0.2) is 51.1 Å². The minimum absolute atomic E-state index is 1.19. The monoisotopic (exact) mass is 190 g/mol. The summed E-state index contributed by atoms with van der Waals surface area (Å²) in [5.74, 6) is 0. The van der Waals surface area contributed by atoms with Gasteiger partial charge in [-0.25, -0.2) is 0 Å². The zero-order valence-corrected chi connectivity index (χ0v) is 11.0. The Morgan fingerprint density at radius 3 is 1.00 bits per heavy atom. The van der Waals surface area contributed by atoms with Crippen molar-refractivity contribution in [1.82, 2.24) is 9.80 Å². The smallest absolute Gasteiger partial charge is 0.00126 e. The number of rotatable bonds is 4. The molecule has 0 atom stereocenters. The molecule has 0 aromatic rings. The van der Waals surface area contributed by atoms with Gasteiger partial charge in [0, 0.05) is 0 Å². The third-order valence-corrected chi connectivity index (χ3v) is 1.21. The summed E-state index contributed by atoms with van der Waals surface area (Å²) >= 11 is 0. The Labute approximate surface area is 85.9 Å². The lowest BCUT2D eigenvalue weighted by molar-refractivity contribution is 0.340. The van der Waals surface area contributed by atoms with Crippen LogP contribution in [0.4, 0.5) is 0 Å². The quantitative estimate of drug-likeness (QED) is 0.672. The molecule has 0 bridgehead atoms. The second kappa shape index (κ2) is 17.9. The van der Waals surface area contributed by atoms with Crippen LogP contribution in [0.15, 0.2) is 0 Å². The highest BCUT2D eigenvalue weighted by Crippen LogP contribution is 1.84. The minimum atomic E-state index is 1.19. The Bertz CT molecular complexity index is 53.1. The Kier molecular flexibility index (Phi) is 25.6. The van der Waals surface area contributed by atoms with Crippen molar-refractivity contribution >= 4 is 0 Å². The summed E-state index contributed by atoms with van der Waals surface area (Å²) < 4.78 is 0. The maximum atomic E-state index is 2.21. The molecule has 0 N–H and O–H groups in total. The second-order valence-corrected chi connectivity index (χ2v) is 2.96. The van der Waals surface area contributed by atoms with Crippen molar-refractivity contribution in [3.8, 4) is 0 Å². The van der Waals surface area contributed by atoms with Crippen molar-refractivity contribution in [3.63, 3.8) is 0 Å². The van der Waals surface area contributed by atoms with E-state index in [-0.39, 0.29) is 0 Å². The first-order valence-corrected chi connectivity index (χ1v) is 5.42. The fourth-order valence-electron chi connectivity index (χ4n) is 0.703. The van der Waals surface area contributed by atoms with Gasteiger partial charge >= 0.3 is 0 Å². The molecule has 84 valence electrons. The summed E-state index contributed by atoms with van der Waals surface area (Å²) in [7, 11) is 8.43. The molecule has 13 heavy (non-hydrogen) atoms. The van der Waals surface area contributed by atoms with E-state index in [9.17, 15) is 0 Å². The van der Waals surface area contributed by atoms with Gasteiger partial charge in [-0.2, -0.15) is 0 Å². The Morgan fingerprint density at radius 2 is 0.846 bits per heavy atom. The predicted octanol–water partition coefficient (Wildman–Crippen LogP) is 2.55. The van der Waals surface area contributed by atoms with Crippen molar-refractivity contribution in [2.75, 3.05) is 41.3 Å². The van der Waals surface area contributed by atoms with Gasteiger partial charge in [0.1, 0.15) is 0 Å². The van der Waals surface area contributed by atoms with Crippen molar-refractivity contribution in [1.29, 1.82) is 0 Å². The van der Waals surface area contributed by atoms with Gasteiger partial charge in [0.25, 0.3) is 0 Å². The molecule has 0 aromatic heterocycles. The molecule has 0 aliphatic heterocycles. The molecule has 0 aromatic carbocycles. The van der Waals surface area contributed by atoms with Crippen LogP contribution in [0.3, 0.4) is 0 Å². The van der Waals surface area contributed by atoms with Gasteiger partial charge in [-0.1, -0.05) is 27.7 Å². The van der Waals surface area contributed by atoms with Crippen molar-refractivity contribution in [2.24, 2.45) is 0 Å². The highest BCUT2D eigenvalue weighted by Gasteiger charge is 1.90. The first-order chi connectivity index (χ1) is 6.13. The summed E-state index contributed by atoms with van der Waals surface area (Å²) in [6.07, 6.45) is 1.26. The molecule has 0 aliphatic rings. The van der Waals surface area contributed by atoms with Crippen LogP contribution < -0.4 is 0 Å². The SMILES string of the molecule is CC.CC.CN(C)CCCN(C)C. The van der Waals surface area contributed by atoms with E-state index in [0.29, 0.717) is 0 Å². The van der Waals surface area contributed by atoms with E-state index in [2.05, 4.69) is 38.0 Å². The van der Waals surface area contributed by atoms with Crippen LogP contribution in [0, 0.1) is 0 Å². The van der Waals surface area contributed by atoms with Crippen molar-refractivity contribution in [2.45, 2.75) is 34.1 Å². The molecule has 0 saturated carbocycles. The molecule has 0 aliphatic carbocycles. The van der Waals surface area contributed by atoms with Gasteiger partial charge in [0.05, 0.1) is 0 Å². The van der Waals surface area contributed by atoms with E-state index >= 15 is 0 Å². The molecular weight excluding hydrogens is 160 g/mol. The summed E-state index contributed by atoms with van der Waals surface area (Å²) in [5.41, 5.74) is 0. The first-order valence-electron chi connectivity index (χ1n) is 5.42. The Morgan fingerprint density at radius 1 is 0.615 bits per heavy atom. The lowest BCUT2D eigenvalue weighted by Crippen LogP contribution is -2.20. The van der Waals surface area contributed by atoms with Crippen molar-refractivity contribution in [3.05, 3.63) is 0 Å². The van der Waals surface area contributed by atoms with Crippen LogP contribution in [-0.2, 0) is 0 Å². The maximum Gasteiger partial charge on any atom is -0.00126 e. The molecule has 2 heteroatoms. The van der Waals surface area contributed by atoms with Gasteiger partial charge in [-0.05, 0) is 47.7 Å². The molecule has 0 spiro atoms.